The van der Waals surface area contributed by atoms with Gasteiger partial charge < -0.3 is 19.1 Å². The van der Waals surface area contributed by atoms with Gasteiger partial charge in [0.05, 0.1) is 6.42 Å². The molecule has 0 aromatic heterocycles. The summed E-state index contributed by atoms with van der Waals surface area (Å²) < 4.78 is 16.4. The summed E-state index contributed by atoms with van der Waals surface area (Å²) in [7, 11) is 0. The topological polar surface area (TPSA) is 65.1 Å². The van der Waals surface area contributed by atoms with Crippen molar-refractivity contribution >= 4 is 12.1 Å². The molecule has 0 unspecified atom stereocenters. The predicted molar refractivity (Wildman–Crippen MR) is 103 cm³/mol. The Morgan fingerprint density at radius 2 is 1.81 bits per heavy atom. The summed E-state index contributed by atoms with van der Waals surface area (Å²) >= 11 is 0. The highest BCUT2D eigenvalue weighted by Crippen LogP contribution is 2.21. The summed E-state index contributed by atoms with van der Waals surface area (Å²) in [6, 6.07) is 7.44. The van der Waals surface area contributed by atoms with Gasteiger partial charge in [0, 0.05) is 25.9 Å². The number of nitrogens with zero attached hydrogens (tertiary/aromatic N) is 1. The van der Waals surface area contributed by atoms with Crippen LogP contribution in [-0.2, 0) is 20.7 Å². The Balaban J connectivity index is 1.77. The molecule has 1 heterocycles. The monoisotopic (exact) mass is 375 g/mol. The molecule has 1 aromatic carbocycles. The van der Waals surface area contributed by atoms with E-state index in [4.69, 9.17) is 14.2 Å². The molecule has 2 rings (SSSR count). The van der Waals surface area contributed by atoms with E-state index < -0.39 is 5.60 Å². The number of likely N-dealkylation sites (tertiary alicyclic amines) is 1. The molecule has 6 heteroatoms. The van der Waals surface area contributed by atoms with E-state index in [1.165, 1.54) is 0 Å². The molecule has 0 atom stereocenters. The molecule has 1 aromatic rings. The van der Waals surface area contributed by atoms with Crippen LogP contribution in [0.4, 0.5) is 4.79 Å². The standard InChI is InChI=1S/C21H29NO5/c1-5-14-25-19(23)15-16-6-8-17(9-7-16)26-18-10-12-22(13-11-18)20(24)27-21(2,3)4/h5-9,18H,1,10-15H2,2-4H3. The molecule has 0 N–H and O–H groups in total. The number of amides is 1. The van der Waals surface area contributed by atoms with Gasteiger partial charge in [-0.25, -0.2) is 4.79 Å². The quantitative estimate of drug-likeness (QED) is 0.560. The van der Waals surface area contributed by atoms with Crippen molar-refractivity contribution in [1.82, 2.24) is 4.90 Å². The lowest BCUT2D eigenvalue weighted by Crippen LogP contribution is -2.44. The van der Waals surface area contributed by atoms with Crippen molar-refractivity contribution in [2.75, 3.05) is 19.7 Å². The third kappa shape index (κ3) is 7.33. The Kier molecular flexibility index (Phi) is 7.28. The normalized spacial score (nSPS) is 15.1. The number of ether oxygens (including phenoxy) is 3. The fraction of sp³-hybridized carbons (Fsp3) is 0.524. The lowest BCUT2D eigenvalue weighted by atomic mass is 10.1. The number of hydrogen-bond acceptors (Lipinski definition) is 5. The Morgan fingerprint density at radius 1 is 1.19 bits per heavy atom. The summed E-state index contributed by atoms with van der Waals surface area (Å²) in [5.41, 5.74) is 0.390. The Bertz CT molecular complexity index is 640. The van der Waals surface area contributed by atoms with Crippen LogP contribution in [-0.4, -0.2) is 48.4 Å². The first kappa shape index (κ1) is 20.8. The molecule has 1 fully saturated rings. The number of carbonyl (C=O) groups excluding carboxylic acids is 2. The van der Waals surface area contributed by atoms with Crippen LogP contribution in [0.15, 0.2) is 36.9 Å². The van der Waals surface area contributed by atoms with Crippen molar-refractivity contribution in [2.45, 2.75) is 51.7 Å². The molecular weight excluding hydrogens is 346 g/mol. The van der Waals surface area contributed by atoms with Crippen molar-refractivity contribution < 1.29 is 23.8 Å². The van der Waals surface area contributed by atoms with Gasteiger partial charge in [-0.15, -0.1) is 0 Å². The highest BCUT2D eigenvalue weighted by atomic mass is 16.6. The Morgan fingerprint density at radius 3 is 2.37 bits per heavy atom. The van der Waals surface area contributed by atoms with E-state index in [0.29, 0.717) is 13.1 Å². The zero-order chi connectivity index (χ0) is 19.9. The van der Waals surface area contributed by atoms with Gasteiger partial charge in [-0.3, -0.25) is 4.79 Å². The molecule has 0 radical (unpaired) electrons. The molecule has 148 valence electrons. The minimum absolute atomic E-state index is 0.0621. The maximum absolute atomic E-state index is 12.1. The molecule has 1 saturated heterocycles. The third-order valence-corrected chi connectivity index (χ3v) is 4.03. The SMILES string of the molecule is C=CCOC(=O)Cc1ccc(OC2CCN(C(=O)OC(C)(C)C)CC2)cc1. The van der Waals surface area contributed by atoms with Crippen molar-refractivity contribution in [3.8, 4) is 5.75 Å². The summed E-state index contributed by atoms with van der Waals surface area (Å²) in [6.07, 6.45) is 3.08. The zero-order valence-electron chi connectivity index (χ0n) is 16.4. The van der Waals surface area contributed by atoms with Crippen LogP contribution in [0.1, 0.15) is 39.2 Å². The number of piperidine rings is 1. The van der Waals surface area contributed by atoms with Crippen LogP contribution >= 0.6 is 0 Å². The molecule has 6 nitrogen and oxygen atoms in total. The van der Waals surface area contributed by atoms with E-state index in [9.17, 15) is 9.59 Å². The van der Waals surface area contributed by atoms with Gasteiger partial charge >= 0.3 is 12.1 Å². The first-order chi connectivity index (χ1) is 12.8. The number of hydrogen-bond donors (Lipinski definition) is 0. The van der Waals surface area contributed by atoms with Gasteiger partial charge in [-0.1, -0.05) is 24.8 Å². The fourth-order valence-corrected chi connectivity index (χ4v) is 2.73. The Labute approximate surface area is 161 Å². The zero-order valence-corrected chi connectivity index (χ0v) is 16.4. The summed E-state index contributed by atoms with van der Waals surface area (Å²) in [4.78, 5) is 25.4. The molecule has 1 amide bonds. The highest BCUT2D eigenvalue weighted by molar-refractivity contribution is 5.72. The second-order valence-electron chi connectivity index (χ2n) is 7.58. The molecule has 27 heavy (non-hydrogen) atoms. The first-order valence-corrected chi connectivity index (χ1v) is 9.27. The van der Waals surface area contributed by atoms with Crippen LogP contribution in [0.3, 0.4) is 0 Å². The lowest BCUT2D eigenvalue weighted by Gasteiger charge is -2.33. The van der Waals surface area contributed by atoms with Gasteiger partial charge in [0.25, 0.3) is 0 Å². The van der Waals surface area contributed by atoms with Crippen LogP contribution in [0, 0.1) is 0 Å². The van der Waals surface area contributed by atoms with E-state index >= 15 is 0 Å². The van der Waals surface area contributed by atoms with E-state index in [1.54, 1.807) is 11.0 Å². The van der Waals surface area contributed by atoms with Crippen molar-refractivity contribution in [1.29, 1.82) is 0 Å². The number of rotatable bonds is 6. The van der Waals surface area contributed by atoms with E-state index in [1.807, 2.05) is 45.0 Å². The van der Waals surface area contributed by atoms with E-state index in [0.717, 1.165) is 24.2 Å². The molecule has 0 spiro atoms. The van der Waals surface area contributed by atoms with Crippen LogP contribution in [0.5, 0.6) is 5.75 Å². The average Bonchev–Trinajstić information content (AvgIpc) is 2.61. The maximum atomic E-state index is 12.1. The second kappa shape index (κ2) is 9.44. The molecule has 0 saturated carbocycles. The average molecular weight is 375 g/mol. The third-order valence-electron chi connectivity index (χ3n) is 4.03. The number of benzene rings is 1. The van der Waals surface area contributed by atoms with Crippen LogP contribution in [0.25, 0.3) is 0 Å². The summed E-state index contributed by atoms with van der Waals surface area (Å²) in [5, 5.41) is 0. The molecule has 1 aliphatic rings. The molecular formula is C21H29NO5. The number of carbonyl (C=O) groups is 2. The molecule has 0 bridgehead atoms. The van der Waals surface area contributed by atoms with Crippen molar-refractivity contribution in [3.05, 3.63) is 42.5 Å². The Hall–Kier alpha value is -2.50. The maximum Gasteiger partial charge on any atom is 0.410 e. The molecule has 0 aliphatic carbocycles. The first-order valence-electron chi connectivity index (χ1n) is 9.27. The fourth-order valence-electron chi connectivity index (χ4n) is 2.73. The van der Waals surface area contributed by atoms with Gasteiger partial charge in [0.1, 0.15) is 24.1 Å². The number of esters is 1. The summed E-state index contributed by atoms with van der Waals surface area (Å²) in [6.45, 7) is 10.6. The minimum Gasteiger partial charge on any atom is -0.490 e. The molecule has 1 aliphatic heterocycles. The summed E-state index contributed by atoms with van der Waals surface area (Å²) in [5.74, 6) is 0.479. The van der Waals surface area contributed by atoms with Gasteiger partial charge in [-0.2, -0.15) is 0 Å². The van der Waals surface area contributed by atoms with E-state index in [-0.39, 0.29) is 31.2 Å². The predicted octanol–water partition coefficient (Wildman–Crippen LogP) is 3.74. The highest BCUT2D eigenvalue weighted by Gasteiger charge is 2.27. The van der Waals surface area contributed by atoms with Crippen LogP contribution in [0.2, 0.25) is 0 Å². The van der Waals surface area contributed by atoms with Crippen molar-refractivity contribution in [2.24, 2.45) is 0 Å². The minimum atomic E-state index is -0.482. The second-order valence-corrected chi connectivity index (χ2v) is 7.58. The van der Waals surface area contributed by atoms with Gasteiger partial charge in [-0.05, 0) is 38.5 Å². The lowest BCUT2D eigenvalue weighted by molar-refractivity contribution is -0.141. The smallest absolute Gasteiger partial charge is 0.410 e. The van der Waals surface area contributed by atoms with Gasteiger partial charge in [0.15, 0.2) is 0 Å². The van der Waals surface area contributed by atoms with E-state index in [2.05, 4.69) is 6.58 Å². The van der Waals surface area contributed by atoms with Crippen LogP contribution < -0.4 is 4.74 Å². The largest absolute Gasteiger partial charge is 0.490 e. The van der Waals surface area contributed by atoms with Gasteiger partial charge in [0.2, 0.25) is 0 Å². The van der Waals surface area contributed by atoms with Crippen molar-refractivity contribution in [3.63, 3.8) is 0 Å².